The van der Waals surface area contributed by atoms with E-state index in [1.54, 1.807) is 16.2 Å². The minimum absolute atomic E-state index is 0.0289. The summed E-state index contributed by atoms with van der Waals surface area (Å²) in [6.07, 6.45) is 0.495. The molecule has 94 valence electrons. The van der Waals surface area contributed by atoms with Gasteiger partial charge >= 0.3 is 0 Å². The Morgan fingerprint density at radius 1 is 1.71 bits per heavy atom. The van der Waals surface area contributed by atoms with Crippen LogP contribution >= 0.6 is 11.3 Å². The number of carbonyl (C=O) groups excluding carboxylic acids is 1. The highest BCUT2D eigenvalue weighted by molar-refractivity contribution is 7.07. The molecule has 2 heterocycles. The van der Waals surface area contributed by atoms with Crippen LogP contribution in [-0.2, 0) is 16.1 Å². The summed E-state index contributed by atoms with van der Waals surface area (Å²) in [5, 5.41) is 7.33. The first-order valence-corrected chi connectivity index (χ1v) is 6.77. The molecule has 0 spiro atoms. The van der Waals surface area contributed by atoms with Gasteiger partial charge in [-0.1, -0.05) is 0 Å². The lowest BCUT2D eigenvalue weighted by Crippen LogP contribution is -2.41. The molecule has 1 aromatic heterocycles. The number of nitrogens with zero attached hydrogens (tertiary/aromatic N) is 1. The zero-order valence-corrected chi connectivity index (χ0v) is 10.8. The van der Waals surface area contributed by atoms with Crippen molar-refractivity contribution < 1.29 is 9.53 Å². The van der Waals surface area contributed by atoms with E-state index in [9.17, 15) is 4.79 Å². The summed E-state index contributed by atoms with van der Waals surface area (Å²) in [4.78, 5) is 13.7. The topological polar surface area (TPSA) is 41.6 Å². The van der Waals surface area contributed by atoms with Gasteiger partial charge in [0.25, 0.3) is 0 Å². The molecule has 1 aromatic rings. The van der Waals surface area contributed by atoms with E-state index in [4.69, 9.17) is 4.74 Å². The van der Waals surface area contributed by atoms with Gasteiger partial charge in [0.2, 0.25) is 5.91 Å². The molecular weight excluding hydrogens is 236 g/mol. The summed E-state index contributed by atoms with van der Waals surface area (Å²) >= 11 is 1.66. The number of ether oxygens (including phenoxy) is 1. The van der Waals surface area contributed by atoms with Gasteiger partial charge in [0.1, 0.15) is 0 Å². The number of thiophene rings is 1. The fourth-order valence-corrected chi connectivity index (χ4v) is 2.51. The molecule has 1 unspecified atom stereocenters. The Labute approximate surface area is 106 Å². The van der Waals surface area contributed by atoms with Crippen molar-refractivity contribution in [3.8, 4) is 0 Å². The lowest BCUT2D eigenvalue weighted by Gasteiger charge is -2.25. The Balaban J connectivity index is 1.78. The average Bonchev–Trinajstić information content (AvgIpc) is 2.83. The molecule has 1 fully saturated rings. The number of rotatable bonds is 4. The summed E-state index contributed by atoms with van der Waals surface area (Å²) in [5.74, 6) is 0.143. The summed E-state index contributed by atoms with van der Waals surface area (Å²) in [7, 11) is 1.84. The third-order valence-corrected chi connectivity index (χ3v) is 3.56. The van der Waals surface area contributed by atoms with Crippen LogP contribution < -0.4 is 5.32 Å². The van der Waals surface area contributed by atoms with Crippen LogP contribution in [0.25, 0.3) is 0 Å². The Morgan fingerprint density at radius 2 is 2.59 bits per heavy atom. The number of morpholine rings is 1. The van der Waals surface area contributed by atoms with Crippen LogP contribution in [0.1, 0.15) is 12.0 Å². The monoisotopic (exact) mass is 254 g/mol. The molecule has 0 aliphatic carbocycles. The molecular formula is C12H18N2O2S. The third-order valence-electron chi connectivity index (χ3n) is 2.83. The van der Waals surface area contributed by atoms with Gasteiger partial charge in [-0.05, 0) is 22.4 Å². The van der Waals surface area contributed by atoms with Crippen LogP contribution in [-0.4, -0.2) is 43.7 Å². The molecule has 1 aliphatic rings. The standard InChI is InChI=1S/C12H18N2O2S/c1-14(8-10-2-5-17-9-10)12(15)6-11-7-13-3-4-16-11/h2,5,9,11,13H,3-4,6-8H2,1H3. The van der Waals surface area contributed by atoms with E-state index >= 15 is 0 Å². The Bertz CT molecular complexity index is 347. The Kier molecular flexibility index (Phi) is 4.53. The van der Waals surface area contributed by atoms with Crippen molar-refractivity contribution in [2.75, 3.05) is 26.7 Å². The van der Waals surface area contributed by atoms with Gasteiger partial charge < -0.3 is 15.0 Å². The molecule has 0 saturated carbocycles. The fraction of sp³-hybridized carbons (Fsp3) is 0.583. The van der Waals surface area contributed by atoms with E-state index < -0.39 is 0 Å². The predicted octanol–water partition coefficient (Wildman–Crippen LogP) is 1.08. The minimum Gasteiger partial charge on any atom is -0.375 e. The molecule has 0 radical (unpaired) electrons. The lowest BCUT2D eigenvalue weighted by molar-refractivity contribution is -0.133. The predicted molar refractivity (Wildman–Crippen MR) is 68.0 cm³/mol. The first-order valence-electron chi connectivity index (χ1n) is 5.83. The maximum absolute atomic E-state index is 12.0. The summed E-state index contributed by atoms with van der Waals surface area (Å²) < 4.78 is 5.53. The maximum atomic E-state index is 12.0. The van der Waals surface area contributed by atoms with Gasteiger partial charge in [0.05, 0.1) is 19.1 Å². The van der Waals surface area contributed by atoms with E-state index in [1.807, 2.05) is 18.5 Å². The second-order valence-electron chi connectivity index (χ2n) is 4.28. The van der Waals surface area contributed by atoms with Crippen molar-refractivity contribution in [3.63, 3.8) is 0 Å². The molecule has 17 heavy (non-hydrogen) atoms. The first kappa shape index (κ1) is 12.5. The largest absolute Gasteiger partial charge is 0.375 e. The van der Waals surface area contributed by atoms with Crippen LogP contribution in [0.15, 0.2) is 16.8 Å². The molecule has 1 N–H and O–H groups in total. The number of nitrogens with one attached hydrogen (secondary N) is 1. The van der Waals surface area contributed by atoms with Crippen LogP contribution in [0.3, 0.4) is 0 Å². The molecule has 4 nitrogen and oxygen atoms in total. The number of hydrogen-bond acceptors (Lipinski definition) is 4. The second kappa shape index (κ2) is 6.14. The van der Waals surface area contributed by atoms with Crippen molar-refractivity contribution in [1.29, 1.82) is 0 Å². The quantitative estimate of drug-likeness (QED) is 0.874. The third kappa shape index (κ3) is 3.80. The first-order chi connectivity index (χ1) is 8.25. The summed E-state index contributed by atoms with van der Waals surface area (Å²) in [5.41, 5.74) is 1.19. The van der Waals surface area contributed by atoms with Gasteiger partial charge in [-0.25, -0.2) is 0 Å². The van der Waals surface area contributed by atoms with Crippen molar-refractivity contribution in [2.45, 2.75) is 19.1 Å². The fourth-order valence-electron chi connectivity index (χ4n) is 1.85. The van der Waals surface area contributed by atoms with E-state index in [0.29, 0.717) is 19.6 Å². The maximum Gasteiger partial charge on any atom is 0.225 e. The van der Waals surface area contributed by atoms with Crippen molar-refractivity contribution in [1.82, 2.24) is 10.2 Å². The highest BCUT2D eigenvalue weighted by atomic mass is 32.1. The molecule has 1 aliphatic heterocycles. The Hall–Kier alpha value is -0.910. The Morgan fingerprint density at radius 3 is 3.24 bits per heavy atom. The normalized spacial score (nSPS) is 20.2. The average molecular weight is 254 g/mol. The van der Waals surface area contributed by atoms with Gasteiger partial charge in [0.15, 0.2) is 0 Å². The van der Waals surface area contributed by atoms with Gasteiger partial charge in [0, 0.05) is 26.7 Å². The smallest absolute Gasteiger partial charge is 0.225 e. The zero-order chi connectivity index (χ0) is 12.1. The number of carbonyl (C=O) groups is 1. The van der Waals surface area contributed by atoms with Gasteiger partial charge in [-0.15, -0.1) is 0 Å². The number of amides is 1. The van der Waals surface area contributed by atoms with E-state index in [2.05, 4.69) is 10.7 Å². The highest BCUT2D eigenvalue weighted by Crippen LogP contribution is 2.10. The summed E-state index contributed by atoms with van der Waals surface area (Å²) in [6.45, 7) is 3.04. The van der Waals surface area contributed by atoms with E-state index in [0.717, 1.165) is 13.1 Å². The van der Waals surface area contributed by atoms with E-state index in [-0.39, 0.29) is 12.0 Å². The lowest BCUT2D eigenvalue weighted by atomic mass is 10.2. The van der Waals surface area contributed by atoms with Crippen LogP contribution in [0.4, 0.5) is 0 Å². The van der Waals surface area contributed by atoms with Crippen molar-refractivity contribution in [3.05, 3.63) is 22.4 Å². The number of hydrogen-bond donors (Lipinski definition) is 1. The van der Waals surface area contributed by atoms with Crippen LogP contribution in [0.5, 0.6) is 0 Å². The molecule has 1 saturated heterocycles. The molecule has 0 bridgehead atoms. The molecule has 5 heteroatoms. The van der Waals surface area contributed by atoms with Crippen LogP contribution in [0, 0.1) is 0 Å². The van der Waals surface area contributed by atoms with E-state index in [1.165, 1.54) is 5.56 Å². The highest BCUT2D eigenvalue weighted by Gasteiger charge is 2.19. The van der Waals surface area contributed by atoms with Crippen molar-refractivity contribution in [2.24, 2.45) is 0 Å². The summed E-state index contributed by atoms with van der Waals surface area (Å²) in [6, 6.07) is 2.05. The van der Waals surface area contributed by atoms with Gasteiger partial charge in [-0.3, -0.25) is 4.79 Å². The zero-order valence-electron chi connectivity index (χ0n) is 10.0. The SMILES string of the molecule is CN(Cc1ccsc1)C(=O)CC1CNCCO1. The van der Waals surface area contributed by atoms with Crippen LogP contribution in [0.2, 0.25) is 0 Å². The molecule has 0 aromatic carbocycles. The second-order valence-corrected chi connectivity index (χ2v) is 5.06. The minimum atomic E-state index is 0.0289. The molecule has 1 atom stereocenters. The van der Waals surface area contributed by atoms with Gasteiger partial charge in [-0.2, -0.15) is 11.3 Å². The van der Waals surface area contributed by atoms with Crippen molar-refractivity contribution >= 4 is 17.2 Å². The molecule has 2 rings (SSSR count). The molecule has 1 amide bonds.